The Balaban J connectivity index is 1.54. The molecule has 1 atom stereocenters. The molecule has 0 amide bonds. The van der Waals surface area contributed by atoms with E-state index in [1.807, 2.05) is 32.0 Å². The van der Waals surface area contributed by atoms with Crippen molar-refractivity contribution in [3.63, 3.8) is 0 Å². The van der Waals surface area contributed by atoms with Gasteiger partial charge < -0.3 is 14.7 Å². The van der Waals surface area contributed by atoms with Gasteiger partial charge in [0.2, 0.25) is 0 Å². The number of benzene rings is 2. The molecule has 3 heterocycles. The highest BCUT2D eigenvalue weighted by atomic mass is 19.1. The zero-order chi connectivity index (χ0) is 27.4. The number of hydrogen-bond acceptors (Lipinski definition) is 6. The molecule has 1 saturated carbocycles. The molecule has 200 valence electrons. The van der Waals surface area contributed by atoms with Crippen LogP contribution in [0.3, 0.4) is 0 Å². The van der Waals surface area contributed by atoms with E-state index in [1.54, 1.807) is 12.3 Å². The number of pyridine rings is 1. The van der Waals surface area contributed by atoms with E-state index in [0.29, 0.717) is 36.1 Å². The molecule has 0 radical (unpaired) electrons. The SMILES string of the molecule is C#Cc1c(F)ccc2cccc(-c3ncc4c(N5CCCC(C)(O)C5)nc(OCC5(CC)CC5)nc4c3C)c12. The standard InChI is InChI=1S/C32H33FN4O2/c1-5-22-25(33)12-11-21-9-7-10-23(26(21)22)27-20(3)28-24(17-34-27)29(37-16-8-13-31(4,38)18-37)36-30(35-28)39-19-32(6-2)14-15-32/h1,7,9-12,17,38H,6,8,13-16,18-19H2,2-4H3. The first-order chi connectivity index (χ1) is 18.7. The second-order valence-electron chi connectivity index (χ2n) is 11.5. The highest BCUT2D eigenvalue weighted by Crippen LogP contribution is 2.48. The van der Waals surface area contributed by atoms with Crippen LogP contribution in [0.15, 0.2) is 36.5 Å². The maximum atomic E-state index is 14.7. The minimum absolute atomic E-state index is 0.213. The van der Waals surface area contributed by atoms with E-state index >= 15 is 0 Å². The first kappa shape index (κ1) is 25.5. The van der Waals surface area contributed by atoms with Crippen molar-refractivity contribution in [1.29, 1.82) is 0 Å². The van der Waals surface area contributed by atoms with Crippen LogP contribution in [0, 0.1) is 30.5 Å². The number of nitrogens with zero attached hydrogens (tertiary/aromatic N) is 4. The predicted molar refractivity (Wildman–Crippen MR) is 152 cm³/mol. The van der Waals surface area contributed by atoms with Crippen LogP contribution in [0.5, 0.6) is 6.01 Å². The summed E-state index contributed by atoms with van der Waals surface area (Å²) in [5, 5.41) is 13.1. The van der Waals surface area contributed by atoms with Gasteiger partial charge in [-0.15, -0.1) is 6.42 Å². The molecule has 2 aromatic heterocycles. The number of aliphatic hydroxyl groups is 1. The van der Waals surface area contributed by atoms with Gasteiger partial charge in [-0.05, 0) is 57.4 Å². The van der Waals surface area contributed by atoms with E-state index in [9.17, 15) is 9.50 Å². The Morgan fingerprint density at radius 2 is 2.00 bits per heavy atom. The lowest BCUT2D eigenvalue weighted by Gasteiger charge is -2.38. The molecule has 2 fully saturated rings. The van der Waals surface area contributed by atoms with E-state index in [2.05, 4.69) is 17.7 Å². The van der Waals surface area contributed by atoms with Gasteiger partial charge in [-0.2, -0.15) is 9.97 Å². The van der Waals surface area contributed by atoms with Crippen LogP contribution in [0.2, 0.25) is 0 Å². The van der Waals surface area contributed by atoms with Crippen molar-refractivity contribution in [2.24, 2.45) is 5.41 Å². The summed E-state index contributed by atoms with van der Waals surface area (Å²) >= 11 is 0. The minimum atomic E-state index is -0.808. The molecule has 7 heteroatoms. The van der Waals surface area contributed by atoms with Crippen LogP contribution in [0.1, 0.15) is 57.1 Å². The van der Waals surface area contributed by atoms with Crippen molar-refractivity contribution in [1.82, 2.24) is 15.0 Å². The number of terminal acetylenes is 1. The summed E-state index contributed by atoms with van der Waals surface area (Å²) < 4.78 is 21.0. The number of ether oxygens (including phenoxy) is 1. The molecule has 0 bridgehead atoms. The Morgan fingerprint density at radius 1 is 1.18 bits per heavy atom. The second-order valence-corrected chi connectivity index (χ2v) is 11.5. The molecule has 1 saturated heterocycles. The molecular weight excluding hydrogens is 491 g/mol. The van der Waals surface area contributed by atoms with Crippen LogP contribution in [0.4, 0.5) is 10.2 Å². The molecule has 1 unspecified atom stereocenters. The summed E-state index contributed by atoms with van der Waals surface area (Å²) in [6.07, 6.45) is 12.5. The fraction of sp³-hybridized carbons (Fsp3) is 0.406. The van der Waals surface area contributed by atoms with E-state index in [4.69, 9.17) is 26.1 Å². The summed E-state index contributed by atoms with van der Waals surface area (Å²) in [5.41, 5.74) is 2.63. The zero-order valence-corrected chi connectivity index (χ0v) is 22.7. The van der Waals surface area contributed by atoms with Gasteiger partial charge in [-0.25, -0.2) is 4.39 Å². The number of rotatable bonds is 6. The Labute approximate surface area is 228 Å². The Kier molecular flexibility index (Phi) is 6.19. The van der Waals surface area contributed by atoms with Crippen LogP contribution in [-0.4, -0.2) is 45.4 Å². The average molecular weight is 525 g/mol. The lowest BCUT2D eigenvalue weighted by atomic mass is 9.94. The highest BCUT2D eigenvalue weighted by Gasteiger charge is 2.42. The number of halogens is 1. The molecule has 2 aliphatic rings. The largest absolute Gasteiger partial charge is 0.463 e. The number of aromatic nitrogens is 3. The Hall–Kier alpha value is -3.76. The van der Waals surface area contributed by atoms with Crippen molar-refractivity contribution in [2.75, 3.05) is 24.6 Å². The lowest BCUT2D eigenvalue weighted by molar-refractivity contribution is 0.0447. The van der Waals surface area contributed by atoms with Crippen molar-refractivity contribution >= 4 is 27.5 Å². The maximum absolute atomic E-state index is 14.7. The fourth-order valence-corrected chi connectivity index (χ4v) is 5.84. The molecule has 6 rings (SSSR count). The molecular formula is C32H33FN4O2. The predicted octanol–water partition coefficient (Wildman–Crippen LogP) is 6.19. The third-order valence-electron chi connectivity index (χ3n) is 8.52. The topological polar surface area (TPSA) is 71.4 Å². The summed E-state index contributed by atoms with van der Waals surface area (Å²) in [6.45, 7) is 7.85. The normalized spacial score (nSPS) is 20.3. The molecule has 1 aliphatic carbocycles. The van der Waals surface area contributed by atoms with Gasteiger partial charge in [0, 0.05) is 41.2 Å². The average Bonchev–Trinajstić information content (AvgIpc) is 3.72. The van der Waals surface area contributed by atoms with Gasteiger partial charge in [-0.1, -0.05) is 37.1 Å². The Bertz CT molecular complexity index is 1640. The Morgan fingerprint density at radius 3 is 2.72 bits per heavy atom. The molecule has 6 nitrogen and oxygen atoms in total. The fourth-order valence-electron chi connectivity index (χ4n) is 5.84. The summed E-state index contributed by atoms with van der Waals surface area (Å²) in [6, 6.07) is 9.24. The quantitative estimate of drug-likeness (QED) is 0.303. The van der Waals surface area contributed by atoms with Crippen LogP contribution >= 0.6 is 0 Å². The number of fused-ring (bicyclic) bond motifs is 2. The molecule has 39 heavy (non-hydrogen) atoms. The number of aryl methyl sites for hydroxylation is 1. The van der Waals surface area contributed by atoms with E-state index in [-0.39, 0.29) is 11.0 Å². The first-order valence-corrected chi connectivity index (χ1v) is 13.7. The minimum Gasteiger partial charge on any atom is -0.463 e. The summed E-state index contributed by atoms with van der Waals surface area (Å²) in [5.74, 6) is 2.82. The van der Waals surface area contributed by atoms with Crippen molar-refractivity contribution in [3.05, 3.63) is 53.5 Å². The van der Waals surface area contributed by atoms with Crippen LogP contribution in [0.25, 0.3) is 32.9 Å². The van der Waals surface area contributed by atoms with Gasteiger partial charge >= 0.3 is 6.01 Å². The van der Waals surface area contributed by atoms with E-state index < -0.39 is 11.4 Å². The molecule has 2 aromatic carbocycles. The van der Waals surface area contributed by atoms with E-state index in [1.165, 1.54) is 6.07 Å². The summed E-state index contributed by atoms with van der Waals surface area (Å²) in [7, 11) is 0. The molecule has 1 aliphatic heterocycles. The van der Waals surface area contributed by atoms with Crippen LogP contribution in [-0.2, 0) is 0 Å². The van der Waals surface area contributed by atoms with Crippen molar-refractivity contribution in [2.45, 2.75) is 58.5 Å². The summed E-state index contributed by atoms with van der Waals surface area (Å²) in [4.78, 5) is 16.7. The van der Waals surface area contributed by atoms with Crippen molar-refractivity contribution < 1.29 is 14.2 Å². The number of β-amino-alcohol motifs (C(OH)–C–C–N with tert-alkyl or cyclic N) is 1. The zero-order valence-electron chi connectivity index (χ0n) is 22.7. The highest BCUT2D eigenvalue weighted by molar-refractivity contribution is 6.03. The molecule has 0 spiro atoms. The van der Waals surface area contributed by atoms with E-state index in [0.717, 1.165) is 66.1 Å². The van der Waals surface area contributed by atoms with Gasteiger partial charge in [0.1, 0.15) is 11.6 Å². The monoisotopic (exact) mass is 524 g/mol. The van der Waals surface area contributed by atoms with Crippen molar-refractivity contribution in [3.8, 4) is 29.6 Å². The third kappa shape index (κ3) is 4.57. The first-order valence-electron chi connectivity index (χ1n) is 13.7. The van der Waals surface area contributed by atoms with Crippen LogP contribution < -0.4 is 9.64 Å². The molecule has 4 aromatic rings. The number of piperidine rings is 1. The third-order valence-corrected chi connectivity index (χ3v) is 8.52. The van der Waals surface area contributed by atoms with Gasteiger partial charge in [0.05, 0.1) is 34.4 Å². The van der Waals surface area contributed by atoms with Gasteiger partial charge in [-0.3, -0.25) is 4.98 Å². The number of hydrogen-bond donors (Lipinski definition) is 1. The molecule has 1 N–H and O–H groups in total. The lowest BCUT2D eigenvalue weighted by Crippen LogP contribution is -2.46. The maximum Gasteiger partial charge on any atom is 0.318 e. The van der Waals surface area contributed by atoms with Gasteiger partial charge in [0.25, 0.3) is 0 Å². The second kappa shape index (κ2) is 9.46. The number of anilines is 1. The van der Waals surface area contributed by atoms with Gasteiger partial charge in [0.15, 0.2) is 0 Å². The smallest absolute Gasteiger partial charge is 0.318 e.